The molecule has 0 bridgehead atoms. The van der Waals surface area contributed by atoms with E-state index in [0.29, 0.717) is 10.0 Å². The van der Waals surface area contributed by atoms with E-state index in [0.717, 1.165) is 9.88 Å². The normalized spacial score (nSPS) is 12.2. The molecule has 0 aliphatic heterocycles. The first kappa shape index (κ1) is 15.9. The fourth-order valence-electron chi connectivity index (χ4n) is 1.82. The summed E-state index contributed by atoms with van der Waals surface area (Å²) < 4.78 is 6.11. The number of aromatic nitrogens is 1. The molecule has 0 saturated heterocycles. The molecule has 0 aliphatic rings. The lowest BCUT2D eigenvalue weighted by atomic mass is 10.1. The van der Waals surface area contributed by atoms with Crippen molar-refractivity contribution in [2.45, 2.75) is 26.6 Å². The van der Waals surface area contributed by atoms with E-state index in [-0.39, 0.29) is 18.0 Å². The molecule has 0 aliphatic carbocycles. The first-order valence-corrected chi connectivity index (χ1v) is 7.69. The number of aliphatic hydroxyl groups excluding tert-OH is 1. The van der Waals surface area contributed by atoms with Crippen molar-refractivity contribution in [1.82, 2.24) is 4.98 Å². The Hall–Kier alpha value is -1.51. The van der Waals surface area contributed by atoms with Gasteiger partial charge in [0.15, 0.2) is 0 Å². The molecule has 21 heavy (non-hydrogen) atoms. The van der Waals surface area contributed by atoms with Crippen LogP contribution in [0.25, 0.3) is 0 Å². The summed E-state index contributed by atoms with van der Waals surface area (Å²) >= 11 is 4.66. The zero-order valence-corrected chi connectivity index (χ0v) is 13.8. The Kier molecular flexibility index (Phi) is 4.92. The van der Waals surface area contributed by atoms with Crippen molar-refractivity contribution < 1.29 is 14.8 Å². The number of benzene rings is 1. The molecule has 1 atom stereocenters. The van der Waals surface area contributed by atoms with E-state index < -0.39 is 11.0 Å². The fraction of sp³-hybridized carbons (Fsp3) is 0.308. The van der Waals surface area contributed by atoms with Gasteiger partial charge in [-0.25, -0.2) is 4.98 Å². The Bertz CT molecular complexity index is 672. The fourth-order valence-corrected chi connectivity index (χ4v) is 2.99. The number of nitrogens with zero attached hydrogens (tertiary/aromatic N) is 2. The zero-order chi connectivity index (χ0) is 15.6. The molecule has 0 fully saturated rings. The molecule has 1 heterocycles. The van der Waals surface area contributed by atoms with Crippen LogP contribution in [0.15, 0.2) is 22.8 Å². The van der Waals surface area contributed by atoms with Gasteiger partial charge in [-0.05, 0) is 19.9 Å². The van der Waals surface area contributed by atoms with Crippen LogP contribution in [0, 0.1) is 17.0 Å². The molecule has 2 aromatic rings. The molecule has 112 valence electrons. The molecule has 0 radical (unpaired) electrons. The van der Waals surface area contributed by atoms with Crippen LogP contribution in [0.4, 0.5) is 5.69 Å². The van der Waals surface area contributed by atoms with Gasteiger partial charge in [0.1, 0.15) is 6.61 Å². The number of nitro benzene ring substituents is 1. The first-order chi connectivity index (χ1) is 9.88. The molecule has 1 N–H and O–H groups in total. The topological polar surface area (TPSA) is 85.5 Å². The quantitative estimate of drug-likeness (QED) is 0.637. The Morgan fingerprint density at radius 2 is 2.29 bits per heavy atom. The summed E-state index contributed by atoms with van der Waals surface area (Å²) in [5.74, 6) is 0.0873. The number of thiazole rings is 1. The molecule has 1 aromatic carbocycles. The van der Waals surface area contributed by atoms with Crippen LogP contribution in [-0.4, -0.2) is 15.0 Å². The Morgan fingerprint density at radius 1 is 1.57 bits per heavy atom. The molecular weight excluding hydrogens is 360 g/mol. The largest absolute Gasteiger partial charge is 0.481 e. The first-order valence-electron chi connectivity index (χ1n) is 6.08. The second-order valence-electron chi connectivity index (χ2n) is 4.41. The highest BCUT2D eigenvalue weighted by atomic mass is 79.9. The number of halogens is 1. The molecule has 0 amide bonds. The van der Waals surface area contributed by atoms with E-state index in [1.807, 2.05) is 6.92 Å². The summed E-state index contributed by atoms with van der Waals surface area (Å²) in [7, 11) is 0. The predicted molar refractivity (Wildman–Crippen MR) is 82.6 cm³/mol. The molecule has 8 heteroatoms. The Morgan fingerprint density at radius 3 is 2.81 bits per heavy atom. The minimum absolute atomic E-state index is 0.0873. The summed E-state index contributed by atoms with van der Waals surface area (Å²) in [6.07, 6.45) is 0.798. The maximum atomic E-state index is 11.2. The number of ether oxygens (including phenoxy) is 1. The van der Waals surface area contributed by atoms with Crippen LogP contribution in [-0.2, 0) is 6.61 Å². The van der Waals surface area contributed by atoms with Gasteiger partial charge in [-0.15, -0.1) is 11.3 Å². The highest BCUT2D eigenvalue weighted by Crippen LogP contribution is 2.38. The van der Waals surface area contributed by atoms with Gasteiger partial charge in [-0.3, -0.25) is 10.1 Å². The van der Waals surface area contributed by atoms with Crippen molar-refractivity contribution in [1.29, 1.82) is 0 Å². The number of aliphatic hydroxyl groups is 1. The van der Waals surface area contributed by atoms with Gasteiger partial charge in [-0.1, -0.05) is 15.9 Å². The van der Waals surface area contributed by atoms with Gasteiger partial charge in [0.05, 0.1) is 20.9 Å². The highest BCUT2D eigenvalue weighted by molar-refractivity contribution is 9.10. The van der Waals surface area contributed by atoms with Crippen LogP contribution in [0.3, 0.4) is 0 Å². The lowest BCUT2D eigenvalue weighted by molar-refractivity contribution is -0.386. The minimum atomic E-state index is -0.876. The number of aryl methyl sites for hydroxylation is 1. The van der Waals surface area contributed by atoms with Crippen LogP contribution in [0.5, 0.6) is 5.75 Å². The second kappa shape index (κ2) is 6.50. The number of hydrogen-bond acceptors (Lipinski definition) is 6. The maximum Gasteiger partial charge on any atom is 0.312 e. The minimum Gasteiger partial charge on any atom is -0.481 e. The van der Waals surface area contributed by atoms with Gasteiger partial charge in [-0.2, -0.15) is 0 Å². The van der Waals surface area contributed by atoms with Crippen LogP contribution < -0.4 is 4.74 Å². The van der Waals surface area contributed by atoms with Gasteiger partial charge in [0.2, 0.25) is 5.75 Å². The van der Waals surface area contributed by atoms with E-state index in [2.05, 4.69) is 20.9 Å². The summed E-state index contributed by atoms with van der Waals surface area (Å²) in [5, 5.41) is 21.9. The smallest absolute Gasteiger partial charge is 0.312 e. The molecule has 1 aromatic heterocycles. The average molecular weight is 373 g/mol. The van der Waals surface area contributed by atoms with Crippen molar-refractivity contribution >= 4 is 33.0 Å². The van der Waals surface area contributed by atoms with Crippen molar-refractivity contribution in [3.63, 3.8) is 0 Å². The summed E-state index contributed by atoms with van der Waals surface area (Å²) in [6.45, 7) is 3.58. The van der Waals surface area contributed by atoms with Gasteiger partial charge >= 0.3 is 5.69 Å². The van der Waals surface area contributed by atoms with Crippen LogP contribution in [0.1, 0.15) is 28.5 Å². The van der Waals surface area contributed by atoms with Crippen molar-refractivity contribution in [3.05, 3.63) is 48.4 Å². The van der Waals surface area contributed by atoms with Crippen molar-refractivity contribution in [2.24, 2.45) is 0 Å². The standard InChI is InChI=1S/C13H13BrN2O4S/c1-7(17)11-3-9(14)4-12(16(18)19)13(11)20-6-10-5-15-8(2)21-10/h3-5,7,17H,6H2,1-2H3/t7-/m0/s1. The van der Waals surface area contributed by atoms with E-state index in [1.54, 1.807) is 12.3 Å². The summed E-state index contributed by atoms with van der Waals surface area (Å²) in [5.41, 5.74) is 0.193. The van der Waals surface area contributed by atoms with Gasteiger partial charge < -0.3 is 9.84 Å². The van der Waals surface area contributed by atoms with Crippen LogP contribution in [0.2, 0.25) is 0 Å². The zero-order valence-electron chi connectivity index (χ0n) is 11.4. The molecule has 0 saturated carbocycles. The number of hydrogen-bond donors (Lipinski definition) is 1. The molecule has 0 spiro atoms. The lowest BCUT2D eigenvalue weighted by Gasteiger charge is -2.13. The maximum absolute atomic E-state index is 11.2. The highest BCUT2D eigenvalue weighted by Gasteiger charge is 2.23. The van der Waals surface area contributed by atoms with Crippen molar-refractivity contribution in [3.8, 4) is 5.75 Å². The monoisotopic (exact) mass is 372 g/mol. The van der Waals surface area contributed by atoms with Gasteiger partial charge in [0, 0.05) is 22.3 Å². The average Bonchev–Trinajstić information content (AvgIpc) is 2.81. The Labute approximate surface area is 133 Å². The Balaban J connectivity index is 2.37. The summed E-state index contributed by atoms with van der Waals surface area (Å²) in [4.78, 5) is 15.6. The second-order valence-corrected chi connectivity index (χ2v) is 6.65. The van der Waals surface area contributed by atoms with Crippen molar-refractivity contribution in [2.75, 3.05) is 0 Å². The van der Waals surface area contributed by atoms with Gasteiger partial charge in [0.25, 0.3) is 0 Å². The van der Waals surface area contributed by atoms with E-state index in [9.17, 15) is 15.2 Å². The van der Waals surface area contributed by atoms with E-state index in [4.69, 9.17) is 4.74 Å². The van der Waals surface area contributed by atoms with E-state index >= 15 is 0 Å². The van der Waals surface area contributed by atoms with E-state index in [1.165, 1.54) is 24.3 Å². The molecule has 2 rings (SSSR count). The number of rotatable bonds is 5. The molecular formula is C13H13BrN2O4S. The SMILES string of the molecule is Cc1ncc(COc2c([C@H](C)O)cc(Br)cc2[N+](=O)[O-])s1. The molecule has 0 unspecified atom stereocenters. The third-order valence-corrected chi connectivity index (χ3v) is 4.08. The third kappa shape index (κ3) is 3.78. The lowest BCUT2D eigenvalue weighted by Crippen LogP contribution is -2.04. The van der Waals surface area contributed by atoms with Crippen LogP contribution >= 0.6 is 27.3 Å². The predicted octanol–water partition coefficient (Wildman–Crippen LogP) is 3.75. The molecule has 6 nitrogen and oxygen atoms in total. The summed E-state index contributed by atoms with van der Waals surface area (Å²) in [6, 6.07) is 2.98. The number of nitro groups is 1. The third-order valence-electron chi connectivity index (χ3n) is 2.74.